The molecule has 2 aromatic heterocycles. The maximum Gasteiger partial charge on any atom is 0.233 e. The van der Waals surface area contributed by atoms with Gasteiger partial charge in [-0.15, -0.1) is 12.4 Å². The smallest absolute Gasteiger partial charge is 0.233 e. The number of hydrogen-bond acceptors (Lipinski definition) is 11. The predicted octanol–water partition coefficient (Wildman–Crippen LogP) is 0.623. The fourth-order valence-corrected chi connectivity index (χ4v) is 4.91. The lowest BCUT2D eigenvalue weighted by molar-refractivity contribution is 0.441. The summed E-state index contributed by atoms with van der Waals surface area (Å²) in [5.41, 5.74) is 27.7. The molecule has 0 radical (unpaired) electrons. The summed E-state index contributed by atoms with van der Waals surface area (Å²) in [6.07, 6.45) is 1.55. The van der Waals surface area contributed by atoms with Crippen molar-refractivity contribution in [1.29, 1.82) is 0 Å². The van der Waals surface area contributed by atoms with Gasteiger partial charge in [0, 0.05) is 61.4 Å². The molecule has 3 aromatic rings. The van der Waals surface area contributed by atoms with Gasteiger partial charge in [0.25, 0.3) is 0 Å². The molecule has 2 aliphatic heterocycles. The number of nitrogens with zero attached hydrogens (tertiary/aromatic N) is 6. The minimum atomic E-state index is -0.0380. The average Bonchev–Trinajstić information content (AvgIpc) is 2.77. The van der Waals surface area contributed by atoms with Crippen molar-refractivity contribution in [3.8, 4) is 0 Å². The number of aromatic nitrogens is 4. The van der Waals surface area contributed by atoms with Gasteiger partial charge in [-0.2, -0.15) is 15.0 Å². The Morgan fingerprint density at radius 2 is 1.29 bits per heavy atom. The van der Waals surface area contributed by atoms with Gasteiger partial charge in [0.15, 0.2) is 0 Å². The van der Waals surface area contributed by atoms with E-state index in [1.807, 2.05) is 47.1 Å². The molecule has 11 nitrogen and oxygen atoms in total. The Balaban J connectivity index is 0.00000289. The highest BCUT2D eigenvalue weighted by Gasteiger charge is 2.28. The molecule has 0 bridgehead atoms. The average molecular weight is 500 g/mol. The van der Waals surface area contributed by atoms with Crippen LogP contribution in [0.4, 0.5) is 23.5 Å². The molecule has 0 saturated carbocycles. The molecule has 0 aliphatic carbocycles. The van der Waals surface area contributed by atoms with E-state index in [4.69, 9.17) is 37.9 Å². The lowest BCUT2D eigenvalue weighted by atomic mass is 10.0. The number of nitrogens with one attached hydrogen (secondary N) is 1. The number of fused-ring (bicyclic) bond motifs is 1. The molecule has 0 unspecified atom stereocenters. The molecule has 4 heterocycles. The SMILES string of the molecule is Cc1cc(Nc2nc(N3C[C@H](N)C[C@H](N)C3)nc(N3C[C@H](N)C[C@H](N)C3)n2)c2ccccc2n1.Cl. The van der Waals surface area contributed by atoms with Crippen LogP contribution in [0.1, 0.15) is 18.5 Å². The normalized spacial score (nSPS) is 24.8. The van der Waals surface area contributed by atoms with Gasteiger partial charge in [-0.05, 0) is 31.9 Å². The highest BCUT2D eigenvalue weighted by atomic mass is 35.5. The molecule has 9 N–H and O–H groups in total. The molecule has 2 aliphatic rings. The quantitative estimate of drug-likeness (QED) is 0.340. The van der Waals surface area contributed by atoms with E-state index < -0.39 is 0 Å². The molecule has 4 atom stereocenters. The first-order chi connectivity index (χ1) is 16.3. The number of pyridine rings is 1. The van der Waals surface area contributed by atoms with Crippen molar-refractivity contribution in [2.45, 2.75) is 43.9 Å². The highest BCUT2D eigenvalue weighted by molar-refractivity contribution is 5.92. The Bertz CT molecular complexity index is 1110. The molecule has 188 valence electrons. The molecule has 2 saturated heterocycles. The molecular weight excluding hydrogens is 466 g/mol. The van der Waals surface area contributed by atoms with E-state index in [0.717, 1.165) is 35.1 Å². The first kappa shape index (κ1) is 25.3. The number of aryl methyl sites for hydroxylation is 1. The Kier molecular flexibility index (Phi) is 7.53. The molecule has 12 heteroatoms. The Morgan fingerprint density at radius 1 is 0.771 bits per heavy atom. The van der Waals surface area contributed by atoms with Crippen molar-refractivity contribution in [2.24, 2.45) is 22.9 Å². The van der Waals surface area contributed by atoms with Gasteiger partial charge in [0.05, 0.1) is 11.2 Å². The zero-order chi connectivity index (χ0) is 23.8. The molecule has 0 amide bonds. The Morgan fingerprint density at radius 3 is 1.83 bits per heavy atom. The van der Waals surface area contributed by atoms with Gasteiger partial charge in [-0.25, -0.2) is 0 Å². The third-order valence-electron chi connectivity index (χ3n) is 6.30. The molecule has 2 fully saturated rings. The van der Waals surface area contributed by atoms with E-state index in [1.54, 1.807) is 0 Å². The topological polar surface area (TPSA) is 174 Å². The van der Waals surface area contributed by atoms with Crippen molar-refractivity contribution in [3.05, 3.63) is 36.0 Å². The maximum atomic E-state index is 6.25. The van der Waals surface area contributed by atoms with Crippen LogP contribution in [0.3, 0.4) is 0 Å². The number of nitrogens with two attached hydrogens (primary N) is 4. The van der Waals surface area contributed by atoms with Gasteiger partial charge in [-0.3, -0.25) is 4.98 Å². The summed E-state index contributed by atoms with van der Waals surface area (Å²) in [6.45, 7) is 4.49. The number of halogens is 1. The van der Waals surface area contributed by atoms with Gasteiger partial charge >= 0.3 is 0 Å². The van der Waals surface area contributed by atoms with Crippen LogP contribution in [0.5, 0.6) is 0 Å². The summed E-state index contributed by atoms with van der Waals surface area (Å²) in [5, 5.41) is 4.40. The largest absolute Gasteiger partial charge is 0.338 e. The second kappa shape index (κ2) is 10.4. The Labute approximate surface area is 211 Å². The minimum absolute atomic E-state index is 0. The zero-order valence-electron chi connectivity index (χ0n) is 19.8. The summed E-state index contributed by atoms with van der Waals surface area (Å²) in [6, 6.07) is 9.82. The van der Waals surface area contributed by atoms with Crippen LogP contribution in [0.25, 0.3) is 10.9 Å². The molecule has 0 spiro atoms. The van der Waals surface area contributed by atoms with Crippen molar-refractivity contribution in [1.82, 2.24) is 19.9 Å². The number of para-hydroxylation sites is 1. The van der Waals surface area contributed by atoms with Crippen LogP contribution < -0.4 is 38.1 Å². The summed E-state index contributed by atoms with van der Waals surface area (Å²) in [5.74, 6) is 1.53. The van der Waals surface area contributed by atoms with Crippen LogP contribution in [0.2, 0.25) is 0 Å². The van der Waals surface area contributed by atoms with E-state index in [1.165, 1.54) is 0 Å². The van der Waals surface area contributed by atoms with E-state index in [-0.39, 0.29) is 36.6 Å². The molecule has 1 aromatic carbocycles. The van der Waals surface area contributed by atoms with Crippen molar-refractivity contribution in [3.63, 3.8) is 0 Å². The minimum Gasteiger partial charge on any atom is -0.338 e. The van der Waals surface area contributed by atoms with Gasteiger partial charge < -0.3 is 38.1 Å². The van der Waals surface area contributed by atoms with Crippen LogP contribution in [0.15, 0.2) is 30.3 Å². The van der Waals surface area contributed by atoms with Crippen molar-refractivity contribution >= 4 is 46.8 Å². The lowest BCUT2D eigenvalue weighted by Gasteiger charge is -2.37. The second-order valence-corrected chi connectivity index (χ2v) is 9.53. The second-order valence-electron chi connectivity index (χ2n) is 9.53. The third-order valence-corrected chi connectivity index (χ3v) is 6.30. The molecule has 35 heavy (non-hydrogen) atoms. The standard InChI is InChI=1S/C23H33N11.ClH/c1-13-6-20(18-4-2-3-5-19(18)28-13)29-21-30-22(33-9-14(24)7-15(25)10-33)32-23(31-21)34-11-16(26)8-17(27)12-34;/h2-6,14-17H,7-12,24-27H2,1H3,(H,28,29,30,31,32);1H/t14-,15+,16-,17+;. The summed E-state index contributed by atoms with van der Waals surface area (Å²) >= 11 is 0. The first-order valence-electron chi connectivity index (χ1n) is 11.8. The first-order valence-corrected chi connectivity index (χ1v) is 11.8. The van der Waals surface area contributed by atoms with Gasteiger partial charge in [-0.1, -0.05) is 18.2 Å². The number of anilines is 4. The lowest BCUT2D eigenvalue weighted by Crippen LogP contribution is -2.54. The van der Waals surface area contributed by atoms with E-state index in [2.05, 4.69) is 10.3 Å². The number of rotatable bonds is 4. The van der Waals surface area contributed by atoms with E-state index >= 15 is 0 Å². The predicted molar refractivity (Wildman–Crippen MR) is 142 cm³/mol. The van der Waals surface area contributed by atoms with Gasteiger partial charge in [0.2, 0.25) is 17.8 Å². The summed E-state index contributed by atoms with van der Waals surface area (Å²) < 4.78 is 0. The number of benzene rings is 1. The monoisotopic (exact) mass is 499 g/mol. The van der Waals surface area contributed by atoms with Gasteiger partial charge in [0.1, 0.15) is 0 Å². The van der Waals surface area contributed by atoms with E-state index in [0.29, 0.717) is 44.0 Å². The van der Waals surface area contributed by atoms with Crippen LogP contribution >= 0.6 is 12.4 Å². The molecule has 5 rings (SSSR count). The third kappa shape index (κ3) is 5.71. The number of hydrogen-bond donors (Lipinski definition) is 5. The van der Waals surface area contributed by atoms with Crippen molar-refractivity contribution in [2.75, 3.05) is 41.3 Å². The van der Waals surface area contributed by atoms with E-state index in [9.17, 15) is 0 Å². The fraction of sp³-hybridized carbons (Fsp3) is 0.478. The van der Waals surface area contributed by atoms with Crippen LogP contribution in [-0.4, -0.2) is 70.3 Å². The number of piperidine rings is 2. The van der Waals surface area contributed by atoms with Crippen molar-refractivity contribution < 1.29 is 0 Å². The molecular formula is C23H34ClN11. The zero-order valence-corrected chi connectivity index (χ0v) is 20.7. The summed E-state index contributed by atoms with van der Waals surface area (Å²) in [4.78, 5) is 23.0. The highest BCUT2D eigenvalue weighted by Crippen LogP contribution is 2.28. The maximum absolute atomic E-state index is 6.25. The summed E-state index contributed by atoms with van der Waals surface area (Å²) in [7, 11) is 0. The van der Waals surface area contributed by atoms with Crippen LogP contribution in [-0.2, 0) is 0 Å². The fourth-order valence-electron chi connectivity index (χ4n) is 4.91. The Hall–Kier alpha value is -2.83. The van der Waals surface area contributed by atoms with Crippen LogP contribution in [0, 0.1) is 6.92 Å².